The van der Waals surface area contributed by atoms with E-state index in [0.29, 0.717) is 29.9 Å². The van der Waals surface area contributed by atoms with Crippen molar-refractivity contribution in [3.63, 3.8) is 0 Å². The first-order chi connectivity index (χ1) is 16.7. The Balaban J connectivity index is 1.63. The molecule has 2 aromatic heterocycles. The molecule has 0 saturated carbocycles. The largest absolute Gasteiger partial charge is 0.348 e. The predicted octanol–water partition coefficient (Wildman–Crippen LogP) is 2.81. The number of fused-ring (bicyclic) bond motifs is 1. The van der Waals surface area contributed by atoms with Gasteiger partial charge in [0.1, 0.15) is 5.82 Å². The number of rotatable bonds is 8. The van der Waals surface area contributed by atoms with Crippen molar-refractivity contribution in [3.05, 3.63) is 88.5 Å². The quantitative estimate of drug-likeness (QED) is 0.388. The summed E-state index contributed by atoms with van der Waals surface area (Å²) in [5.41, 5.74) is 0.684. The van der Waals surface area contributed by atoms with E-state index in [2.05, 4.69) is 15.3 Å². The molecular formula is C24H24FN5O4S. The first-order valence-electron chi connectivity index (χ1n) is 11.0. The maximum Gasteiger partial charge on any atom is 0.252 e. The number of aromatic amines is 1. The second kappa shape index (κ2) is 9.80. The van der Waals surface area contributed by atoms with E-state index in [0.717, 1.165) is 6.07 Å². The highest BCUT2D eigenvalue weighted by atomic mass is 32.2. The molecule has 4 rings (SSSR count). The smallest absolute Gasteiger partial charge is 0.252 e. The van der Waals surface area contributed by atoms with Crippen LogP contribution in [0.1, 0.15) is 29.8 Å². The number of H-pyrrole nitrogens is 1. The molecule has 182 valence electrons. The third-order valence-corrected chi connectivity index (χ3v) is 7.70. The van der Waals surface area contributed by atoms with Gasteiger partial charge in [0.2, 0.25) is 15.6 Å². The van der Waals surface area contributed by atoms with E-state index >= 15 is 0 Å². The minimum Gasteiger partial charge on any atom is -0.348 e. The number of hydrogen-bond donors (Lipinski definition) is 2. The normalized spacial score (nSPS) is 11.8. The summed E-state index contributed by atoms with van der Waals surface area (Å²) in [5, 5.41) is 2.97. The fraction of sp³-hybridized carbons (Fsp3) is 0.208. The van der Waals surface area contributed by atoms with E-state index in [1.54, 1.807) is 32.2 Å². The second-order valence-corrected chi connectivity index (χ2v) is 9.72. The minimum absolute atomic E-state index is 0.00565. The summed E-state index contributed by atoms with van der Waals surface area (Å²) in [5.74, 6) is -1.07. The van der Waals surface area contributed by atoms with Gasteiger partial charge in [0.05, 0.1) is 22.5 Å². The summed E-state index contributed by atoms with van der Waals surface area (Å²) < 4.78 is 43.3. The molecule has 0 atom stereocenters. The molecule has 11 heteroatoms. The van der Waals surface area contributed by atoms with Crippen LogP contribution in [0.15, 0.2) is 70.9 Å². The van der Waals surface area contributed by atoms with Gasteiger partial charge in [-0.3, -0.25) is 9.59 Å². The van der Waals surface area contributed by atoms with Crippen molar-refractivity contribution in [2.45, 2.75) is 25.3 Å². The van der Waals surface area contributed by atoms with Gasteiger partial charge in [0.15, 0.2) is 0 Å². The lowest BCUT2D eigenvalue weighted by atomic mass is 10.1. The molecular weight excluding hydrogens is 473 g/mol. The van der Waals surface area contributed by atoms with E-state index < -0.39 is 27.3 Å². The lowest BCUT2D eigenvalue weighted by Gasteiger charge is -2.19. The molecule has 4 aromatic rings. The molecule has 2 N–H and O–H groups in total. The zero-order valence-corrected chi connectivity index (χ0v) is 20.0. The van der Waals surface area contributed by atoms with Gasteiger partial charge in [-0.15, -0.1) is 0 Å². The Morgan fingerprint density at radius 2 is 1.91 bits per heavy atom. The van der Waals surface area contributed by atoms with Gasteiger partial charge in [0.25, 0.3) is 5.91 Å². The number of nitrogens with zero attached hydrogens (tertiary/aromatic N) is 3. The monoisotopic (exact) mass is 497 g/mol. The van der Waals surface area contributed by atoms with Crippen LogP contribution in [0.4, 0.5) is 4.39 Å². The number of benzene rings is 2. The molecule has 1 amide bonds. The molecule has 2 heterocycles. The number of carbonyl (C=O) groups excluding carboxylic acids is 1. The number of carbonyl (C=O) groups is 1. The maximum atomic E-state index is 14.5. The Morgan fingerprint density at radius 3 is 2.57 bits per heavy atom. The molecule has 9 nitrogen and oxygen atoms in total. The Hall–Kier alpha value is -3.83. The molecule has 0 aliphatic carbocycles. The van der Waals surface area contributed by atoms with Gasteiger partial charge in [-0.1, -0.05) is 19.9 Å². The molecule has 0 bridgehead atoms. The average molecular weight is 498 g/mol. The van der Waals surface area contributed by atoms with Crippen LogP contribution in [-0.4, -0.2) is 46.3 Å². The fourth-order valence-electron chi connectivity index (χ4n) is 3.84. The molecule has 0 aliphatic rings. The number of halogens is 1. The number of amides is 1. The summed E-state index contributed by atoms with van der Waals surface area (Å²) in [6.45, 7) is 4.08. The van der Waals surface area contributed by atoms with Crippen molar-refractivity contribution in [2.24, 2.45) is 0 Å². The molecule has 0 unspecified atom stereocenters. The molecule has 0 spiro atoms. The fourth-order valence-corrected chi connectivity index (χ4v) is 5.33. The third-order valence-electron chi connectivity index (χ3n) is 5.65. The topological polar surface area (TPSA) is 117 Å². The third kappa shape index (κ3) is 4.86. The van der Waals surface area contributed by atoms with Gasteiger partial charge in [-0.25, -0.2) is 17.8 Å². The van der Waals surface area contributed by atoms with Gasteiger partial charge in [-0.2, -0.15) is 4.31 Å². The van der Waals surface area contributed by atoms with Crippen molar-refractivity contribution in [2.75, 3.05) is 13.1 Å². The van der Waals surface area contributed by atoms with E-state index in [-0.39, 0.29) is 22.4 Å². The summed E-state index contributed by atoms with van der Waals surface area (Å²) in [6, 6.07) is 9.92. The first-order valence-corrected chi connectivity index (χ1v) is 12.4. The summed E-state index contributed by atoms with van der Waals surface area (Å²) >= 11 is 0. The SMILES string of the molecule is CCN(CC)S(=O)(=O)c1ccc2[nH]c(=O)cc(C(=O)NCc3ccc(-n4ccnc4)c(F)c3)c2c1. The van der Waals surface area contributed by atoms with Crippen LogP contribution in [-0.2, 0) is 16.6 Å². The van der Waals surface area contributed by atoms with Gasteiger partial charge in [0, 0.05) is 49.0 Å². The number of pyridine rings is 1. The van der Waals surface area contributed by atoms with E-state index in [1.165, 1.54) is 45.7 Å². The number of sulfonamides is 1. The number of aromatic nitrogens is 3. The van der Waals surface area contributed by atoms with Gasteiger partial charge in [-0.05, 0) is 35.9 Å². The summed E-state index contributed by atoms with van der Waals surface area (Å²) in [4.78, 5) is 31.7. The lowest BCUT2D eigenvalue weighted by molar-refractivity contribution is 0.0952. The Labute approximate surface area is 201 Å². The molecule has 0 fully saturated rings. The van der Waals surface area contributed by atoms with Crippen molar-refractivity contribution in [3.8, 4) is 5.69 Å². The van der Waals surface area contributed by atoms with Crippen LogP contribution in [0.5, 0.6) is 0 Å². The number of hydrogen-bond acceptors (Lipinski definition) is 5. The summed E-state index contributed by atoms with van der Waals surface area (Å²) in [7, 11) is -3.77. The number of imidazole rings is 1. The van der Waals surface area contributed by atoms with Crippen LogP contribution in [0, 0.1) is 5.82 Å². The van der Waals surface area contributed by atoms with E-state index in [9.17, 15) is 22.4 Å². The molecule has 0 radical (unpaired) electrons. The molecule has 2 aromatic carbocycles. The molecule has 35 heavy (non-hydrogen) atoms. The van der Waals surface area contributed by atoms with Crippen LogP contribution >= 0.6 is 0 Å². The zero-order chi connectivity index (χ0) is 25.2. The van der Waals surface area contributed by atoms with Crippen molar-refractivity contribution < 1.29 is 17.6 Å². The van der Waals surface area contributed by atoms with Crippen molar-refractivity contribution in [1.82, 2.24) is 24.2 Å². The first kappa shape index (κ1) is 24.3. The van der Waals surface area contributed by atoms with E-state index in [1.807, 2.05) is 0 Å². The predicted molar refractivity (Wildman–Crippen MR) is 129 cm³/mol. The number of nitrogens with one attached hydrogen (secondary N) is 2. The van der Waals surface area contributed by atoms with Crippen LogP contribution in [0.3, 0.4) is 0 Å². The summed E-state index contributed by atoms with van der Waals surface area (Å²) in [6.07, 6.45) is 4.64. The average Bonchev–Trinajstić information content (AvgIpc) is 3.37. The van der Waals surface area contributed by atoms with Gasteiger partial charge >= 0.3 is 0 Å². The zero-order valence-electron chi connectivity index (χ0n) is 19.2. The highest BCUT2D eigenvalue weighted by Gasteiger charge is 2.23. The van der Waals surface area contributed by atoms with Crippen molar-refractivity contribution >= 4 is 26.8 Å². The molecule has 0 aliphatic heterocycles. The molecule has 0 saturated heterocycles. The van der Waals surface area contributed by atoms with Crippen LogP contribution in [0.2, 0.25) is 0 Å². The second-order valence-electron chi connectivity index (χ2n) is 7.78. The van der Waals surface area contributed by atoms with E-state index in [4.69, 9.17) is 0 Å². The van der Waals surface area contributed by atoms with Crippen molar-refractivity contribution in [1.29, 1.82) is 0 Å². The van der Waals surface area contributed by atoms with Crippen LogP contribution in [0.25, 0.3) is 16.6 Å². The highest BCUT2D eigenvalue weighted by Crippen LogP contribution is 2.23. The standard InChI is InChI=1S/C24H24FN5O4S/c1-3-30(4-2)35(33,34)17-6-7-21-18(12-17)19(13-23(31)28-21)24(32)27-14-16-5-8-22(20(25)11-16)29-10-9-26-15-29/h5-13,15H,3-4,14H2,1-2H3,(H,27,32)(H,28,31). The minimum atomic E-state index is -3.77. The van der Waals surface area contributed by atoms with Gasteiger partial charge < -0.3 is 14.9 Å². The van der Waals surface area contributed by atoms with Crippen LogP contribution < -0.4 is 10.9 Å². The highest BCUT2D eigenvalue weighted by molar-refractivity contribution is 7.89. The Kier molecular flexibility index (Phi) is 6.81. The Morgan fingerprint density at radius 1 is 1.14 bits per heavy atom. The Bertz CT molecular complexity index is 1540. The lowest BCUT2D eigenvalue weighted by Crippen LogP contribution is -2.30. The maximum absolute atomic E-state index is 14.5.